The third kappa shape index (κ3) is 7.74. The van der Waals surface area contributed by atoms with Gasteiger partial charge in [0.25, 0.3) is 0 Å². The van der Waals surface area contributed by atoms with E-state index in [4.69, 9.17) is 20.5 Å². The van der Waals surface area contributed by atoms with Crippen molar-refractivity contribution >= 4 is 17.7 Å². The Morgan fingerprint density at radius 2 is 1.89 bits per heavy atom. The Morgan fingerprint density at radius 3 is 2.36 bits per heavy atom. The second-order valence-corrected chi connectivity index (χ2v) is 7.46. The second kappa shape index (κ2) is 10.4. The van der Waals surface area contributed by atoms with Crippen molar-refractivity contribution in [2.75, 3.05) is 25.1 Å². The largest absolute Gasteiger partial charge is 0.497 e. The van der Waals surface area contributed by atoms with Gasteiger partial charge in [-0.2, -0.15) is 5.26 Å². The lowest BCUT2D eigenvalue weighted by Crippen LogP contribution is -2.44. The molecule has 2 amide bonds. The molecule has 1 heterocycles. The summed E-state index contributed by atoms with van der Waals surface area (Å²) in [6.07, 6.45) is 1.80. The zero-order valence-electron chi connectivity index (χ0n) is 17.2. The quantitative estimate of drug-likeness (QED) is 0.816. The number of benzene rings is 1. The van der Waals surface area contributed by atoms with Crippen LogP contribution >= 0.6 is 0 Å². The molecule has 1 atom stereocenters. The van der Waals surface area contributed by atoms with Crippen molar-refractivity contribution in [1.82, 2.24) is 5.32 Å². The molecule has 1 aliphatic rings. The minimum absolute atomic E-state index is 0.568. The Bertz CT molecular complexity index is 716. The van der Waals surface area contributed by atoms with E-state index in [0.717, 1.165) is 24.5 Å². The van der Waals surface area contributed by atoms with Gasteiger partial charge in [0, 0.05) is 13.1 Å². The van der Waals surface area contributed by atoms with Crippen molar-refractivity contribution in [2.24, 2.45) is 5.73 Å². The maximum atomic E-state index is 11.0. The van der Waals surface area contributed by atoms with Crippen LogP contribution in [0.3, 0.4) is 0 Å². The van der Waals surface area contributed by atoms with Crippen LogP contribution in [0.15, 0.2) is 18.2 Å². The van der Waals surface area contributed by atoms with Crippen LogP contribution in [0, 0.1) is 11.3 Å². The van der Waals surface area contributed by atoms with Gasteiger partial charge < -0.3 is 25.4 Å². The average Bonchev–Trinajstić information content (AvgIpc) is 3.14. The van der Waals surface area contributed by atoms with E-state index in [1.165, 1.54) is 19.8 Å². The van der Waals surface area contributed by atoms with E-state index in [0.29, 0.717) is 5.56 Å². The summed E-state index contributed by atoms with van der Waals surface area (Å²) < 4.78 is 10.0. The Morgan fingerprint density at radius 1 is 1.29 bits per heavy atom. The molecular formula is C20H30N4O4. The number of primary amides is 1. The highest BCUT2D eigenvalue weighted by Crippen LogP contribution is 2.27. The Balaban J connectivity index is 0.000000284. The molecule has 1 aromatic rings. The maximum Gasteiger partial charge on any atom is 0.408 e. The van der Waals surface area contributed by atoms with Gasteiger partial charge in [0.05, 0.1) is 18.4 Å². The van der Waals surface area contributed by atoms with Gasteiger partial charge in [-0.1, -0.05) is 0 Å². The molecule has 0 spiro atoms. The highest BCUT2D eigenvalue weighted by atomic mass is 16.6. The fourth-order valence-corrected chi connectivity index (χ4v) is 2.52. The van der Waals surface area contributed by atoms with Crippen molar-refractivity contribution < 1.29 is 19.1 Å². The lowest BCUT2D eigenvalue weighted by atomic mass is 10.1. The highest BCUT2D eigenvalue weighted by Gasteiger charge is 2.19. The lowest BCUT2D eigenvalue weighted by molar-refractivity contribution is -0.119. The van der Waals surface area contributed by atoms with Crippen LogP contribution in [-0.4, -0.2) is 43.8 Å². The normalized spacial score (nSPS) is 14.2. The van der Waals surface area contributed by atoms with E-state index in [1.54, 1.807) is 33.9 Å². The number of amides is 2. The molecule has 154 valence electrons. The molecule has 0 saturated carbocycles. The first-order chi connectivity index (χ1) is 13.1. The van der Waals surface area contributed by atoms with Gasteiger partial charge in [0.2, 0.25) is 5.91 Å². The molecule has 1 unspecified atom stereocenters. The Kier molecular flexibility index (Phi) is 8.58. The Labute approximate surface area is 166 Å². The summed E-state index contributed by atoms with van der Waals surface area (Å²) >= 11 is 0. The third-order valence-corrected chi connectivity index (χ3v) is 3.93. The number of nitrogens with one attached hydrogen (secondary N) is 1. The van der Waals surface area contributed by atoms with Gasteiger partial charge in [-0.05, 0) is 58.7 Å². The molecule has 1 saturated heterocycles. The molecule has 0 radical (unpaired) electrons. The third-order valence-electron chi connectivity index (χ3n) is 3.93. The molecule has 1 fully saturated rings. The first-order valence-electron chi connectivity index (χ1n) is 9.19. The van der Waals surface area contributed by atoms with E-state index in [1.807, 2.05) is 12.1 Å². The number of carbonyl (C=O) groups is 2. The second-order valence-electron chi connectivity index (χ2n) is 7.46. The number of ether oxygens (including phenoxy) is 2. The summed E-state index contributed by atoms with van der Waals surface area (Å²) in [6, 6.07) is 7.20. The fraction of sp³-hybridized carbons (Fsp3) is 0.550. The topological polar surface area (TPSA) is 118 Å². The first-order valence-corrected chi connectivity index (χ1v) is 9.19. The number of nitrogens with two attached hydrogens (primary N) is 1. The number of rotatable bonds is 4. The molecule has 1 aromatic carbocycles. The van der Waals surface area contributed by atoms with Gasteiger partial charge in [-0.3, -0.25) is 4.79 Å². The molecule has 2 rings (SSSR count). The van der Waals surface area contributed by atoms with Gasteiger partial charge in [-0.15, -0.1) is 0 Å². The smallest absolute Gasteiger partial charge is 0.408 e. The summed E-state index contributed by atoms with van der Waals surface area (Å²) in [6.45, 7) is 8.82. The predicted octanol–water partition coefficient (Wildman–Crippen LogP) is 2.55. The van der Waals surface area contributed by atoms with Crippen LogP contribution in [0.5, 0.6) is 5.75 Å². The first kappa shape index (κ1) is 23.1. The van der Waals surface area contributed by atoms with Crippen LogP contribution in [0.4, 0.5) is 10.5 Å². The number of methoxy groups -OCH3 is 1. The fourth-order valence-electron chi connectivity index (χ4n) is 2.52. The molecule has 28 heavy (non-hydrogen) atoms. The molecule has 8 heteroatoms. The van der Waals surface area contributed by atoms with Gasteiger partial charge in [0.15, 0.2) is 0 Å². The molecule has 3 N–H and O–H groups in total. The summed E-state index contributed by atoms with van der Waals surface area (Å²) in [5, 5.41) is 11.4. The number of anilines is 1. The van der Waals surface area contributed by atoms with E-state index in [-0.39, 0.29) is 0 Å². The van der Waals surface area contributed by atoms with Gasteiger partial charge in [0.1, 0.15) is 23.5 Å². The predicted molar refractivity (Wildman–Crippen MR) is 107 cm³/mol. The molecule has 8 nitrogen and oxygen atoms in total. The van der Waals surface area contributed by atoms with Crippen LogP contribution < -0.4 is 20.7 Å². The van der Waals surface area contributed by atoms with E-state index < -0.39 is 23.6 Å². The number of alkyl carbamates (subject to hydrolysis) is 1. The Hall–Kier alpha value is -2.95. The standard InChI is InChI=1S/C12H14N2O.C8H16N2O3/c1-15-11-4-5-12(10(8-11)9-13)14-6-2-3-7-14;1-5(6(9)11)10-7(12)13-8(2,3)4/h4-5,8H,2-3,6-7H2,1H3;5H,1-4H3,(H2,9,11)(H,10,12). The monoisotopic (exact) mass is 390 g/mol. The minimum atomic E-state index is -0.713. The number of nitriles is 1. The zero-order valence-corrected chi connectivity index (χ0v) is 17.2. The van der Waals surface area contributed by atoms with Crippen molar-refractivity contribution in [2.45, 2.75) is 52.2 Å². The highest BCUT2D eigenvalue weighted by molar-refractivity contribution is 5.83. The molecular weight excluding hydrogens is 360 g/mol. The van der Waals surface area contributed by atoms with Crippen molar-refractivity contribution in [1.29, 1.82) is 5.26 Å². The number of carbonyl (C=O) groups excluding carboxylic acids is 2. The molecule has 0 aliphatic carbocycles. The van der Waals surface area contributed by atoms with Gasteiger partial charge in [-0.25, -0.2) is 4.79 Å². The van der Waals surface area contributed by atoms with Crippen LogP contribution in [-0.2, 0) is 9.53 Å². The van der Waals surface area contributed by atoms with Crippen molar-refractivity contribution in [3.05, 3.63) is 23.8 Å². The zero-order chi connectivity index (χ0) is 21.3. The van der Waals surface area contributed by atoms with Crippen LogP contribution in [0.25, 0.3) is 0 Å². The summed E-state index contributed by atoms with van der Waals surface area (Å²) in [7, 11) is 1.62. The SMILES string of the molecule is CC(NC(=O)OC(C)(C)C)C(N)=O.COc1ccc(N2CCCC2)c(C#N)c1. The maximum absolute atomic E-state index is 11.0. The molecule has 0 aromatic heterocycles. The lowest BCUT2D eigenvalue weighted by Gasteiger charge is -2.20. The average molecular weight is 390 g/mol. The number of hydrogen-bond acceptors (Lipinski definition) is 6. The van der Waals surface area contributed by atoms with E-state index in [2.05, 4.69) is 16.3 Å². The molecule has 1 aliphatic heterocycles. The number of hydrogen-bond donors (Lipinski definition) is 2. The minimum Gasteiger partial charge on any atom is -0.497 e. The van der Waals surface area contributed by atoms with Crippen LogP contribution in [0.1, 0.15) is 46.1 Å². The summed E-state index contributed by atoms with van der Waals surface area (Å²) in [5.41, 5.74) is 6.11. The summed E-state index contributed by atoms with van der Waals surface area (Å²) in [5.74, 6) is 0.153. The number of nitrogens with zero attached hydrogens (tertiary/aromatic N) is 2. The molecule has 0 bridgehead atoms. The van der Waals surface area contributed by atoms with Crippen molar-refractivity contribution in [3.8, 4) is 11.8 Å². The summed E-state index contributed by atoms with van der Waals surface area (Å²) in [4.78, 5) is 23.8. The van der Waals surface area contributed by atoms with Gasteiger partial charge >= 0.3 is 6.09 Å². The van der Waals surface area contributed by atoms with Crippen molar-refractivity contribution in [3.63, 3.8) is 0 Å². The van der Waals surface area contributed by atoms with E-state index in [9.17, 15) is 9.59 Å². The van der Waals surface area contributed by atoms with Crippen LogP contribution in [0.2, 0.25) is 0 Å². The van der Waals surface area contributed by atoms with E-state index >= 15 is 0 Å².